The van der Waals surface area contributed by atoms with Crippen LogP contribution in [-0.2, 0) is 0 Å². The summed E-state index contributed by atoms with van der Waals surface area (Å²) in [5.41, 5.74) is 6.49. The van der Waals surface area contributed by atoms with Crippen LogP contribution in [0.4, 0.5) is 11.5 Å². The maximum absolute atomic E-state index is 5.75. The average Bonchev–Trinajstić information content (AvgIpc) is 2.13. The van der Waals surface area contributed by atoms with Gasteiger partial charge in [0.1, 0.15) is 5.82 Å². The van der Waals surface area contributed by atoms with E-state index in [0.29, 0.717) is 0 Å². The molecular weight excluding hydrogens is 230 g/mol. The molecule has 0 radical (unpaired) electrons. The van der Waals surface area contributed by atoms with E-state index in [9.17, 15) is 0 Å². The van der Waals surface area contributed by atoms with Crippen molar-refractivity contribution >= 4 is 27.4 Å². The molecule has 0 aliphatic carbocycles. The van der Waals surface area contributed by atoms with Crippen molar-refractivity contribution in [3.63, 3.8) is 0 Å². The maximum Gasteiger partial charge on any atom is 0.130 e. The first kappa shape index (κ1) is 10.3. The lowest BCUT2D eigenvalue weighted by atomic mass is 10.3. The number of nitrogen functional groups attached to an aromatic ring is 1. The molecule has 1 heterocycles. The van der Waals surface area contributed by atoms with Gasteiger partial charge in [-0.05, 0) is 29.8 Å². The van der Waals surface area contributed by atoms with Crippen molar-refractivity contribution < 1.29 is 0 Å². The van der Waals surface area contributed by atoms with Gasteiger partial charge in [0.05, 0.1) is 10.2 Å². The van der Waals surface area contributed by atoms with E-state index in [4.69, 9.17) is 5.73 Å². The summed E-state index contributed by atoms with van der Waals surface area (Å²) in [6, 6.07) is 1.89. The van der Waals surface area contributed by atoms with E-state index in [2.05, 4.69) is 39.7 Å². The molecule has 0 spiro atoms. The molecule has 0 amide bonds. The van der Waals surface area contributed by atoms with Crippen LogP contribution in [-0.4, -0.2) is 18.1 Å². The molecule has 0 unspecified atom stereocenters. The minimum atomic E-state index is 0.733. The fraction of sp³-hybridized carbons (Fsp3) is 0.444. The monoisotopic (exact) mass is 243 g/mol. The van der Waals surface area contributed by atoms with Gasteiger partial charge >= 0.3 is 0 Å². The number of hydrogen-bond donors (Lipinski definition) is 1. The fourth-order valence-electron chi connectivity index (χ4n) is 1.16. The number of anilines is 2. The van der Waals surface area contributed by atoms with Crippen molar-refractivity contribution in [3.8, 4) is 0 Å². The Morgan fingerprint density at radius 3 is 2.54 bits per heavy atom. The lowest BCUT2D eigenvalue weighted by Gasteiger charge is -2.19. The molecule has 0 fully saturated rings. The highest BCUT2D eigenvalue weighted by molar-refractivity contribution is 9.10. The predicted molar refractivity (Wildman–Crippen MR) is 59.9 cm³/mol. The number of pyridine rings is 1. The second kappa shape index (κ2) is 4.46. The number of nitrogens with zero attached hydrogens (tertiary/aromatic N) is 2. The highest BCUT2D eigenvalue weighted by Gasteiger charge is 2.04. The van der Waals surface area contributed by atoms with Crippen LogP contribution in [0, 0.1) is 0 Å². The molecule has 0 aliphatic rings. The standard InChI is InChI=1S/C9H14BrN3/c1-3-13(4-2)9-5-8(11)7(10)6-12-9/h5-6H,3-4H2,1-2H3,(H2,11,12). The first-order valence-corrected chi connectivity index (χ1v) is 5.14. The molecule has 2 N–H and O–H groups in total. The van der Waals surface area contributed by atoms with Crippen LogP contribution in [0.5, 0.6) is 0 Å². The first-order valence-electron chi connectivity index (χ1n) is 4.35. The molecule has 0 bridgehead atoms. The summed E-state index contributed by atoms with van der Waals surface area (Å²) in [4.78, 5) is 6.44. The molecule has 1 aromatic heterocycles. The SMILES string of the molecule is CCN(CC)c1cc(N)c(Br)cn1. The summed E-state index contributed by atoms with van der Waals surface area (Å²) < 4.78 is 0.850. The highest BCUT2D eigenvalue weighted by Crippen LogP contribution is 2.22. The zero-order chi connectivity index (χ0) is 9.84. The Balaban J connectivity index is 2.95. The van der Waals surface area contributed by atoms with E-state index in [-0.39, 0.29) is 0 Å². The number of hydrogen-bond acceptors (Lipinski definition) is 3. The maximum atomic E-state index is 5.75. The van der Waals surface area contributed by atoms with Gasteiger partial charge in [-0.1, -0.05) is 0 Å². The van der Waals surface area contributed by atoms with Crippen molar-refractivity contribution in [2.24, 2.45) is 0 Å². The van der Waals surface area contributed by atoms with Crippen LogP contribution in [0.25, 0.3) is 0 Å². The topological polar surface area (TPSA) is 42.1 Å². The van der Waals surface area contributed by atoms with E-state index in [1.807, 2.05) is 6.07 Å². The van der Waals surface area contributed by atoms with Crippen LogP contribution in [0.15, 0.2) is 16.7 Å². The summed E-state index contributed by atoms with van der Waals surface area (Å²) in [6.45, 7) is 6.10. The van der Waals surface area contributed by atoms with E-state index >= 15 is 0 Å². The Labute approximate surface area is 87.1 Å². The van der Waals surface area contributed by atoms with E-state index in [1.54, 1.807) is 6.20 Å². The van der Waals surface area contributed by atoms with E-state index in [1.165, 1.54) is 0 Å². The lowest BCUT2D eigenvalue weighted by molar-refractivity contribution is 0.846. The van der Waals surface area contributed by atoms with Gasteiger partial charge in [-0.25, -0.2) is 4.98 Å². The number of nitrogens with two attached hydrogens (primary N) is 1. The Morgan fingerprint density at radius 1 is 1.46 bits per heavy atom. The van der Waals surface area contributed by atoms with Gasteiger partial charge in [0.15, 0.2) is 0 Å². The lowest BCUT2D eigenvalue weighted by Crippen LogP contribution is -2.22. The van der Waals surface area contributed by atoms with Crippen LogP contribution >= 0.6 is 15.9 Å². The summed E-state index contributed by atoms with van der Waals surface area (Å²) in [5, 5.41) is 0. The normalized spacial score (nSPS) is 10.1. The second-order valence-corrected chi connectivity index (χ2v) is 3.59. The molecule has 1 rings (SSSR count). The Bertz CT molecular complexity index is 284. The molecule has 3 nitrogen and oxygen atoms in total. The minimum Gasteiger partial charge on any atom is -0.398 e. The summed E-state index contributed by atoms with van der Waals surface area (Å²) in [7, 11) is 0. The van der Waals surface area contributed by atoms with Gasteiger partial charge in [0.25, 0.3) is 0 Å². The average molecular weight is 244 g/mol. The van der Waals surface area contributed by atoms with Gasteiger partial charge in [-0.2, -0.15) is 0 Å². The molecule has 1 aromatic rings. The number of halogens is 1. The van der Waals surface area contributed by atoms with Crippen LogP contribution in [0.1, 0.15) is 13.8 Å². The third-order valence-corrected chi connectivity index (χ3v) is 2.62. The second-order valence-electron chi connectivity index (χ2n) is 2.74. The Hall–Kier alpha value is -0.770. The molecular formula is C9H14BrN3. The third-order valence-electron chi connectivity index (χ3n) is 1.96. The van der Waals surface area contributed by atoms with Crippen LogP contribution in [0.2, 0.25) is 0 Å². The molecule has 0 aromatic carbocycles. The summed E-state index contributed by atoms with van der Waals surface area (Å²) in [5.74, 6) is 0.936. The Kier molecular flexibility index (Phi) is 3.54. The summed E-state index contributed by atoms with van der Waals surface area (Å²) >= 11 is 3.32. The van der Waals surface area contributed by atoms with Gasteiger partial charge in [0, 0.05) is 25.4 Å². The van der Waals surface area contributed by atoms with Crippen molar-refractivity contribution in [1.82, 2.24) is 4.98 Å². The molecule has 0 saturated carbocycles. The molecule has 13 heavy (non-hydrogen) atoms. The molecule has 0 atom stereocenters. The number of rotatable bonds is 3. The van der Waals surface area contributed by atoms with Crippen molar-refractivity contribution in [3.05, 3.63) is 16.7 Å². The largest absolute Gasteiger partial charge is 0.398 e. The Morgan fingerprint density at radius 2 is 2.08 bits per heavy atom. The number of aromatic nitrogens is 1. The quantitative estimate of drug-likeness (QED) is 0.886. The summed E-state index contributed by atoms with van der Waals surface area (Å²) in [6.07, 6.45) is 1.74. The van der Waals surface area contributed by atoms with Gasteiger partial charge in [0.2, 0.25) is 0 Å². The van der Waals surface area contributed by atoms with Gasteiger partial charge < -0.3 is 10.6 Å². The molecule has 4 heteroatoms. The van der Waals surface area contributed by atoms with Gasteiger partial charge in [-0.3, -0.25) is 0 Å². The van der Waals surface area contributed by atoms with Crippen molar-refractivity contribution in [2.75, 3.05) is 23.7 Å². The van der Waals surface area contributed by atoms with Crippen LogP contribution in [0.3, 0.4) is 0 Å². The molecule has 0 saturated heterocycles. The van der Waals surface area contributed by atoms with E-state index in [0.717, 1.165) is 29.1 Å². The van der Waals surface area contributed by atoms with Gasteiger partial charge in [-0.15, -0.1) is 0 Å². The van der Waals surface area contributed by atoms with Crippen molar-refractivity contribution in [2.45, 2.75) is 13.8 Å². The minimum absolute atomic E-state index is 0.733. The zero-order valence-electron chi connectivity index (χ0n) is 7.92. The zero-order valence-corrected chi connectivity index (χ0v) is 9.50. The van der Waals surface area contributed by atoms with E-state index < -0.39 is 0 Å². The predicted octanol–water partition coefficient (Wildman–Crippen LogP) is 2.27. The first-order chi connectivity index (χ1) is 6.19. The van der Waals surface area contributed by atoms with Crippen molar-refractivity contribution in [1.29, 1.82) is 0 Å². The molecule has 72 valence electrons. The smallest absolute Gasteiger partial charge is 0.130 e. The van der Waals surface area contributed by atoms with Crippen LogP contribution < -0.4 is 10.6 Å². The third kappa shape index (κ3) is 2.34. The highest BCUT2D eigenvalue weighted by atomic mass is 79.9. The fourth-order valence-corrected chi connectivity index (χ4v) is 1.38. The molecule has 0 aliphatic heterocycles.